The number of rotatable bonds is 11. The van der Waals surface area contributed by atoms with Gasteiger partial charge in [-0.1, -0.05) is 30.3 Å². The standard InChI is InChI=1S/C18H29N3O9P2/c22-16(20-11-5-9-18(24,31(25,26)27)32(28,29)30)15(12-13-6-2-1-3-7-13)21-17(23)14-8-4-10-19-14/h1-3,6-7,14-15,19,24H,4-5,8-12H2,(H,20,22)(H,21,23)(H2,25,26,27)(H2,28,29,30)/t14-,15-/m0/s1. The number of hydrogen-bond donors (Lipinski definition) is 8. The first-order chi connectivity index (χ1) is 14.8. The van der Waals surface area contributed by atoms with Crippen LogP contribution in [0.1, 0.15) is 31.2 Å². The minimum Gasteiger partial charge on any atom is -0.368 e. The number of benzene rings is 1. The van der Waals surface area contributed by atoms with E-state index in [9.17, 15) is 23.8 Å². The summed E-state index contributed by atoms with van der Waals surface area (Å²) in [6.07, 6.45) is 0.419. The maximum Gasteiger partial charge on any atom is 0.369 e. The van der Waals surface area contributed by atoms with E-state index in [0.29, 0.717) is 13.0 Å². The molecule has 2 atom stereocenters. The van der Waals surface area contributed by atoms with E-state index in [1.807, 2.05) is 6.07 Å². The number of carbonyl (C=O) groups is 2. The Morgan fingerprint density at radius 2 is 1.75 bits per heavy atom. The van der Waals surface area contributed by atoms with Gasteiger partial charge in [0.2, 0.25) is 11.8 Å². The molecule has 0 bridgehead atoms. The van der Waals surface area contributed by atoms with E-state index in [4.69, 9.17) is 19.6 Å². The third-order valence-corrected chi connectivity index (χ3v) is 9.09. The van der Waals surface area contributed by atoms with Gasteiger partial charge in [0, 0.05) is 19.4 Å². The molecule has 0 aliphatic carbocycles. The third kappa shape index (κ3) is 6.94. The predicted molar refractivity (Wildman–Crippen MR) is 114 cm³/mol. The molecule has 1 saturated heterocycles. The van der Waals surface area contributed by atoms with Crippen molar-refractivity contribution in [1.29, 1.82) is 0 Å². The fraction of sp³-hybridized carbons (Fsp3) is 0.556. The summed E-state index contributed by atoms with van der Waals surface area (Å²) in [7, 11) is -11.1. The Balaban J connectivity index is 2.00. The molecule has 1 heterocycles. The minimum absolute atomic E-state index is 0.194. The zero-order valence-electron chi connectivity index (χ0n) is 17.3. The van der Waals surface area contributed by atoms with Crippen LogP contribution in [0.2, 0.25) is 0 Å². The van der Waals surface area contributed by atoms with E-state index in [1.54, 1.807) is 24.3 Å². The summed E-state index contributed by atoms with van der Waals surface area (Å²) < 4.78 is 22.8. The van der Waals surface area contributed by atoms with Crippen LogP contribution in [0.5, 0.6) is 0 Å². The number of carbonyl (C=O) groups excluding carboxylic acids is 2. The molecular formula is C18H29N3O9P2. The number of nitrogens with one attached hydrogen (secondary N) is 3. The van der Waals surface area contributed by atoms with Crippen molar-refractivity contribution in [3.63, 3.8) is 0 Å². The first-order valence-corrected chi connectivity index (χ1v) is 13.3. The monoisotopic (exact) mass is 493 g/mol. The molecule has 180 valence electrons. The van der Waals surface area contributed by atoms with Gasteiger partial charge in [0.15, 0.2) is 0 Å². The lowest BCUT2D eigenvalue weighted by Gasteiger charge is -2.29. The maximum atomic E-state index is 12.7. The fourth-order valence-corrected chi connectivity index (χ4v) is 5.62. The topological polar surface area (TPSA) is 206 Å². The van der Waals surface area contributed by atoms with Crippen LogP contribution in [0.3, 0.4) is 0 Å². The van der Waals surface area contributed by atoms with Crippen LogP contribution in [0.15, 0.2) is 30.3 Å². The summed E-state index contributed by atoms with van der Waals surface area (Å²) in [5.41, 5.74) is 0.796. The van der Waals surface area contributed by atoms with Crippen LogP contribution >= 0.6 is 15.2 Å². The lowest BCUT2D eigenvalue weighted by Crippen LogP contribution is -2.52. The zero-order chi connectivity index (χ0) is 24.0. The first kappa shape index (κ1) is 26.6. The van der Waals surface area contributed by atoms with Gasteiger partial charge in [-0.15, -0.1) is 0 Å². The summed E-state index contributed by atoms with van der Waals surface area (Å²) >= 11 is 0. The van der Waals surface area contributed by atoms with Crippen LogP contribution in [-0.4, -0.2) is 66.8 Å². The van der Waals surface area contributed by atoms with Crippen molar-refractivity contribution in [2.75, 3.05) is 13.1 Å². The van der Waals surface area contributed by atoms with Crippen LogP contribution in [-0.2, 0) is 25.1 Å². The fourth-order valence-electron chi connectivity index (χ4n) is 3.36. The van der Waals surface area contributed by atoms with Crippen LogP contribution < -0.4 is 16.0 Å². The molecule has 0 aromatic heterocycles. The Morgan fingerprint density at radius 1 is 1.12 bits per heavy atom. The zero-order valence-corrected chi connectivity index (χ0v) is 19.0. The lowest BCUT2D eigenvalue weighted by molar-refractivity contribution is -0.129. The second-order valence-corrected chi connectivity index (χ2v) is 11.7. The van der Waals surface area contributed by atoms with Crippen molar-refractivity contribution in [2.24, 2.45) is 0 Å². The summed E-state index contributed by atoms with van der Waals surface area (Å²) in [6, 6.07) is 7.63. The molecule has 8 N–H and O–H groups in total. The average Bonchev–Trinajstić information content (AvgIpc) is 3.24. The SMILES string of the molecule is O=C(N[C@@H](Cc1ccccc1)C(=O)NCCCC(O)(P(=O)(O)O)P(=O)(O)O)[C@@H]1CCCN1. The van der Waals surface area contributed by atoms with E-state index in [0.717, 1.165) is 12.0 Å². The average molecular weight is 493 g/mol. The molecule has 32 heavy (non-hydrogen) atoms. The molecule has 0 unspecified atom stereocenters. The Morgan fingerprint density at radius 3 is 2.28 bits per heavy atom. The van der Waals surface area contributed by atoms with Gasteiger partial charge in [-0.05, 0) is 31.4 Å². The summed E-state index contributed by atoms with van der Waals surface area (Å²) in [5.74, 6) is -0.896. The van der Waals surface area contributed by atoms with E-state index in [2.05, 4.69) is 16.0 Å². The first-order valence-electron chi connectivity index (χ1n) is 10.0. The smallest absolute Gasteiger partial charge is 0.368 e. The number of hydrogen-bond acceptors (Lipinski definition) is 6. The molecule has 1 aliphatic rings. The molecule has 12 nitrogen and oxygen atoms in total. The molecule has 0 saturated carbocycles. The Labute approximate surface area is 185 Å². The van der Waals surface area contributed by atoms with Gasteiger partial charge in [0.25, 0.3) is 5.08 Å². The van der Waals surface area contributed by atoms with Crippen LogP contribution in [0, 0.1) is 0 Å². The van der Waals surface area contributed by atoms with Crippen molar-refractivity contribution >= 4 is 27.0 Å². The Hall–Kier alpha value is -1.62. The largest absolute Gasteiger partial charge is 0.369 e. The molecule has 0 radical (unpaired) electrons. The second-order valence-electron chi connectivity index (χ2n) is 7.66. The van der Waals surface area contributed by atoms with Gasteiger partial charge in [-0.2, -0.15) is 0 Å². The van der Waals surface area contributed by atoms with E-state index < -0.39 is 44.7 Å². The van der Waals surface area contributed by atoms with Crippen molar-refractivity contribution in [3.05, 3.63) is 35.9 Å². The third-order valence-electron chi connectivity index (χ3n) is 5.21. The molecule has 1 aromatic rings. The van der Waals surface area contributed by atoms with E-state index in [1.165, 1.54) is 0 Å². The van der Waals surface area contributed by atoms with Crippen molar-refractivity contribution in [2.45, 2.75) is 49.3 Å². The van der Waals surface area contributed by atoms with Gasteiger partial charge in [0.1, 0.15) is 6.04 Å². The molecule has 1 aromatic carbocycles. The van der Waals surface area contributed by atoms with Crippen molar-refractivity contribution < 1.29 is 43.4 Å². The van der Waals surface area contributed by atoms with E-state index >= 15 is 0 Å². The highest BCUT2D eigenvalue weighted by Crippen LogP contribution is 2.69. The molecule has 1 fully saturated rings. The second kappa shape index (κ2) is 11.0. The maximum absolute atomic E-state index is 12.7. The quantitative estimate of drug-likeness (QED) is 0.145. The normalized spacial score (nSPS) is 18.2. The van der Waals surface area contributed by atoms with E-state index in [-0.39, 0.29) is 25.3 Å². The highest BCUT2D eigenvalue weighted by molar-refractivity contribution is 7.72. The minimum atomic E-state index is -5.55. The molecule has 1 aliphatic heterocycles. The van der Waals surface area contributed by atoms with Gasteiger partial charge < -0.3 is 40.6 Å². The summed E-state index contributed by atoms with van der Waals surface area (Å²) in [4.78, 5) is 61.8. The van der Waals surface area contributed by atoms with Crippen molar-refractivity contribution in [1.82, 2.24) is 16.0 Å². The Bertz CT molecular complexity index is 859. The van der Waals surface area contributed by atoms with Gasteiger partial charge in [0.05, 0.1) is 6.04 Å². The molecule has 2 rings (SSSR count). The van der Waals surface area contributed by atoms with Gasteiger partial charge >= 0.3 is 15.2 Å². The highest BCUT2D eigenvalue weighted by atomic mass is 31.2. The highest BCUT2D eigenvalue weighted by Gasteiger charge is 2.58. The predicted octanol–water partition coefficient (Wildman–Crippen LogP) is -0.636. The number of amides is 2. The summed E-state index contributed by atoms with van der Waals surface area (Å²) in [5, 5.41) is 14.6. The Kier molecular flexibility index (Phi) is 9.15. The van der Waals surface area contributed by atoms with Gasteiger partial charge in [-0.25, -0.2) is 0 Å². The number of aliphatic hydroxyl groups is 1. The molecule has 14 heteroatoms. The lowest BCUT2D eigenvalue weighted by atomic mass is 10.0. The summed E-state index contributed by atoms with van der Waals surface area (Å²) in [6.45, 7) is 0.472. The van der Waals surface area contributed by atoms with Crippen molar-refractivity contribution in [3.8, 4) is 0 Å². The van der Waals surface area contributed by atoms with Crippen LogP contribution in [0.4, 0.5) is 0 Å². The van der Waals surface area contributed by atoms with Gasteiger partial charge in [-0.3, -0.25) is 18.7 Å². The van der Waals surface area contributed by atoms with Crippen LogP contribution in [0.25, 0.3) is 0 Å². The molecule has 2 amide bonds. The molecular weight excluding hydrogens is 464 g/mol. The molecule has 0 spiro atoms.